The first kappa shape index (κ1) is 63.8. The molecule has 0 saturated heterocycles. The van der Waals surface area contributed by atoms with Gasteiger partial charge in [0.25, 0.3) is 0 Å². The predicted octanol–water partition coefficient (Wildman–Crippen LogP) is 17.8. The van der Waals surface area contributed by atoms with Crippen molar-refractivity contribution in [3.8, 4) is 0 Å². The number of esters is 1. The fourth-order valence-electron chi connectivity index (χ4n) is 8.59. The van der Waals surface area contributed by atoms with Crippen molar-refractivity contribution in [1.82, 2.24) is 5.32 Å². The van der Waals surface area contributed by atoms with Crippen molar-refractivity contribution in [2.45, 2.75) is 309 Å². The number of allylic oxidation sites excluding steroid dienone is 7. The van der Waals surface area contributed by atoms with Gasteiger partial charge < -0.3 is 20.3 Å². The number of amides is 1. The van der Waals surface area contributed by atoms with E-state index in [4.69, 9.17) is 4.74 Å². The van der Waals surface area contributed by atoms with E-state index in [0.29, 0.717) is 19.4 Å². The molecular formula is C60H111NO5. The van der Waals surface area contributed by atoms with E-state index in [1.165, 1.54) is 218 Å². The fraction of sp³-hybridized carbons (Fsp3) is 0.833. The molecule has 3 N–H and O–H groups in total. The fourth-order valence-corrected chi connectivity index (χ4v) is 8.59. The van der Waals surface area contributed by atoms with Crippen molar-refractivity contribution in [1.29, 1.82) is 0 Å². The smallest absolute Gasteiger partial charge is 0.305 e. The molecule has 0 aliphatic carbocycles. The average Bonchev–Trinajstić information content (AvgIpc) is 3.32. The van der Waals surface area contributed by atoms with Gasteiger partial charge in [0.2, 0.25) is 5.91 Å². The Kier molecular flexibility index (Phi) is 53.6. The van der Waals surface area contributed by atoms with E-state index < -0.39 is 12.1 Å². The summed E-state index contributed by atoms with van der Waals surface area (Å²) in [6.07, 6.45) is 70.1. The lowest BCUT2D eigenvalue weighted by atomic mass is 10.0. The summed E-state index contributed by atoms with van der Waals surface area (Å²) in [6, 6.07) is -0.627. The third kappa shape index (κ3) is 51.2. The first-order valence-corrected chi connectivity index (χ1v) is 28.9. The van der Waals surface area contributed by atoms with Gasteiger partial charge in [0.1, 0.15) is 0 Å². The van der Waals surface area contributed by atoms with Crippen LogP contribution in [0, 0.1) is 0 Å². The molecule has 0 aromatic heterocycles. The minimum absolute atomic E-state index is 0.000221. The standard InChI is InChI=1S/C60H111NO5/c1-3-5-7-9-11-13-33-38-42-46-50-54-60(65)66-55-51-47-43-39-35-32-30-28-26-24-22-20-18-16-14-15-17-19-21-23-25-27-29-31-34-37-41-45-49-53-59(64)61-57(56-62)58(63)52-48-44-40-36-12-10-8-6-4-2/h9,11,14,16,20,22,48,52,57-58,62-63H,3-8,10,12-13,15,17-19,21,23-47,49-51,53-56H2,1-2H3,(H,61,64)/b11-9-,16-14-,22-20-,52-48+. The van der Waals surface area contributed by atoms with Gasteiger partial charge in [-0.2, -0.15) is 0 Å². The summed E-state index contributed by atoms with van der Waals surface area (Å²) in [7, 11) is 0. The van der Waals surface area contributed by atoms with Crippen molar-refractivity contribution in [2.24, 2.45) is 0 Å². The van der Waals surface area contributed by atoms with Crippen LogP contribution in [0.5, 0.6) is 0 Å². The van der Waals surface area contributed by atoms with Crippen molar-refractivity contribution >= 4 is 11.9 Å². The average molecular weight is 927 g/mol. The number of hydrogen-bond acceptors (Lipinski definition) is 5. The Bertz CT molecular complexity index is 1110. The molecule has 0 spiro atoms. The van der Waals surface area contributed by atoms with Gasteiger partial charge in [0, 0.05) is 12.8 Å². The summed E-state index contributed by atoms with van der Waals surface area (Å²) in [6.45, 7) is 4.83. The lowest BCUT2D eigenvalue weighted by Crippen LogP contribution is -2.45. The Labute approximate surface area is 410 Å². The third-order valence-electron chi connectivity index (χ3n) is 13.1. The number of aliphatic hydroxyl groups is 2. The van der Waals surface area contributed by atoms with Crippen LogP contribution in [0.15, 0.2) is 48.6 Å². The normalized spacial score (nSPS) is 13.0. The van der Waals surface area contributed by atoms with E-state index >= 15 is 0 Å². The summed E-state index contributed by atoms with van der Waals surface area (Å²) in [4.78, 5) is 24.4. The highest BCUT2D eigenvalue weighted by Gasteiger charge is 2.18. The Morgan fingerprint density at radius 3 is 1.21 bits per heavy atom. The van der Waals surface area contributed by atoms with Crippen LogP contribution in [0.25, 0.3) is 0 Å². The zero-order chi connectivity index (χ0) is 47.9. The number of nitrogens with one attached hydrogen (secondary N) is 1. The number of carbonyl (C=O) groups is 2. The van der Waals surface area contributed by atoms with Crippen LogP contribution in [0.1, 0.15) is 296 Å². The van der Waals surface area contributed by atoms with Crippen LogP contribution in [0.3, 0.4) is 0 Å². The summed E-state index contributed by atoms with van der Waals surface area (Å²) in [5.74, 6) is -0.0724. The summed E-state index contributed by atoms with van der Waals surface area (Å²) in [5.41, 5.74) is 0. The molecule has 0 radical (unpaired) electrons. The van der Waals surface area contributed by atoms with Crippen molar-refractivity contribution < 1.29 is 24.5 Å². The molecule has 0 aliphatic heterocycles. The van der Waals surface area contributed by atoms with Gasteiger partial charge in [-0.3, -0.25) is 9.59 Å². The molecule has 2 unspecified atom stereocenters. The zero-order valence-corrected chi connectivity index (χ0v) is 43.9. The second-order valence-corrected chi connectivity index (χ2v) is 19.6. The minimum atomic E-state index is -0.843. The number of aliphatic hydroxyl groups excluding tert-OH is 2. The molecule has 6 nitrogen and oxygen atoms in total. The monoisotopic (exact) mass is 926 g/mol. The van der Waals surface area contributed by atoms with E-state index in [1.807, 2.05) is 6.08 Å². The first-order valence-electron chi connectivity index (χ1n) is 28.9. The predicted molar refractivity (Wildman–Crippen MR) is 287 cm³/mol. The SMILES string of the molecule is CCCC/C=C\CCCCCCCC(=O)OCCCCCCCCCCC/C=C\C/C=C\CCCCCCCCCCCCCCCC(=O)NC(CO)C(O)/C=C/CCCCCCCCC. The van der Waals surface area contributed by atoms with Crippen molar-refractivity contribution in [2.75, 3.05) is 13.2 Å². The molecule has 0 fully saturated rings. The quantitative estimate of drug-likeness (QED) is 0.0321. The molecule has 66 heavy (non-hydrogen) atoms. The maximum absolute atomic E-state index is 12.4. The van der Waals surface area contributed by atoms with Crippen LogP contribution in [-0.2, 0) is 14.3 Å². The molecule has 0 rings (SSSR count). The van der Waals surface area contributed by atoms with Gasteiger partial charge in [-0.25, -0.2) is 0 Å². The molecule has 386 valence electrons. The highest BCUT2D eigenvalue weighted by atomic mass is 16.5. The second kappa shape index (κ2) is 55.4. The Morgan fingerprint density at radius 1 is 0.424 bits per heavy atom. The molecule has 0 aliphatic rings. The van der Waals surface area contributed by atoms with Crippen molar-refractivity contribution in [3.05, 3.63) is 48.6 Å². The van der Waals surface area contributed by atoms with Gasteiger partial charge >= 0.3 is 5.97 Å². The first-order chi connectivity index (χ1) is 32.5. The van der Waals surface area contributed by atoms with Gasteiger partial charge in [-0.05, 0) is 83.5 Å². The highest BCUT2D eigenvalue weighted by Crippen LogP contribution is 2.16. The van der Waals surface area contributed by atoms with E-state index in [1.54, 1.807) is 6.08 Å². The number of ether oxygens (including phenoxy) is 1. The number of unbranched alkanes of at least 4 members (excludes halogenated alkanes) is 36. The van der Waals surface area contributed by atoms with Gasteiger partial charge in [0.15, 0.2) is 0 Å². The van der Waals surface area contributed by atoms with Gasteiger partial charge in [0.05, 0.1) is 25.4 Å². The maximum Gasteiger partial charge on any atom is 0.305 e. The number of hydrogen-bond donors (Lipinski definition) is 3. The lowest BCUT2D eigenvalue weighted by Gasteiger charge is -2.20. The topological polar surface area (TPSA) is 95.9 Å². The molecule has 0 heterocycles. The van der Waals surface area contributed by atoms with E-state index in [9.17, 15) is 19.8 Å². The molecular weight excluding hydrogens is 815 g/mol. The lowest BCUT2D eigenvalue weighted by molar-refractivity contribution is -0.143. The van der Waals surface area contributed by atoms with E-state index in [0.717, 1.165) is 51.4 Å². The third-order valence-corrected chi connectivity index (χ3v) is 13.1. The minimum Gasteiger partial charge on any atom is -0.466 e. The Hall–Kier alpha value is -2.18. The molecule has 0 aromatic rings. The molecule has 0 bridgehead atoms. The Balaban J connectivity index is 3.41. The van der Waals surface area contributed by atoms with Gasteiger partial charge in [-0.1, -0.05) is 249 Å². The van der Waals surface area contributed by atoms with Crippen LogP contribution in [-0.4, -0.2) is 47.4 Å². The van der Waals surface area contributed by atoms with E-state index in [2.05, 4.69) is 55.6 Å². The summed E-state index contributed by atoms with van der Waals surface area (Å²) in [5, 5.41) is 22.9. The van der Waals surface area contributed by atoms with Crippen LogP contribution >= 0.6 is 0 Å². The molecule has 6 heteroatoms. The van der Waals surface area contributed by atoms with Crippen LogP contribution < -0.4 is 5.32 Å². The number of rotatable bonds is 53. The van der Waals surface area contributed by atoms with Gasteiger partial charge in [-0.15, -0.1) is 0 Å². The summed E-state index contributed by atoms with van der Waals surface area (Å²) < 4.78 is 5.45. The zero-order valence-electron chi connectivity index (χ0n) is 43.9. The van der Waals surface area contributed by atoms with Crippen LogP contribution in [0.4, 0.5) is 0 Å². The largest absolute Gasteiger partial charge is 0.466 e. The van der Waals surface area contributed by atoms with Crippen molar-refractivity contribution in [3.63, 3.8) is 0 Å². The maximum atomic E-state index is 12.4. The Morgan fingerprint density at radius 2 is 0.773 bits per heavy atom. The van der Waals surface area contributed by atoms with Crippen LogP contribution in [0.2, 0.25) is 0 Å². The number of carbonyl (C=O) groups excluding carboxylic acids is 2. The summed E-state index contributed by atoms with van der Waals surface area (Å²) >= 11 is 0. The molecule has 0 aromatic carbocycles. The van der Waals surface area contributed by atoms with E-state index in [-0.39, 0.29) is 18.5 Å². The molecule has 1 amide bonds. The highest BCUT2D eigenvalue weighted by molar-refractivity contribution is 5.76. The second-order valence-electron chi connectivity index (χ2n) is 19.6. The molecule has 2 atom stereocenters. The molecule has 0 saturated carbocycles.